The highest BCUT2D eigenvalue weighted by atomic mass is 32.1. The SMILES string of the molecule is Oc1ccc(CN2CCN(CCCc3nc4ccccc4s3)CC2)cc1. The molecule has 1 aromatic heterocycles. The number of fused-ring (bicyclic) bond motifs is 1. The molecule has 5 heteroatoms. The van der Waals surface area contributed by atoms with Gasteiger partial charge < -0.3 is 10.0 Å². The van der Waals surface area contributed by atoms with E-state index in [1.165, 1.54) is 21.7 Å². The Kier molecular flexibility index (Phi) is 5.48. The van der Waals surface area contributed by atoms with Crippen molar-refractivity contribution in [1.82, 2.24) is 14.8 Å². The monoisotopic (exact) mass is 367 g/mol. The fourth-order valence-electron chi connectivity index (χ4n) is 3.51. The third-order valence-electron chi connectivity index (χ3n) is 5.01. The quantitative estimate of drug-likeness (QED) is 0.720. The molecule has 2 aromatic carbocycles. The van der Waals surface area contributed by atoms with Gasteiger partial charge in [0.2, 0.25) is 0 Å². The summed E-state index contributed by atoms with van der Waals surface area (Å²) < 4.78 is 1.30. The summed E-state index contributed by atoms with van der Waals surface area (Å²) in [6, 6.07) is 16.0. The van der Waals surface area contributed by atoms with Gasteiger partial charge in [0.25, 0.3) is 0 Å². The van der Waals surface area contributed by atoms with E-state index < -0.39 is 0 Å². The molecule has 1 aliphatic rings. The largest absolute Gasteiger partial charge is 0.508 e. The van der Waals surface area contributed by atoms with Gasteiger partial charge in [0.15, 0.2) is 0 Å². The van der Waals surface area contributed by atoms with Crippen molar-refractivity contribution in [2.75, 3.05) is 32.7 Å². The van der Waals surface area contributed by atoms with Crippen molar-refractivity contribution < 1.29 is 5.11 Å². The van der Waals surface area contributed by atoms with Gasteiger partial charge in [0.05, 0.1) is 15.2 Å². The van der Waals surface area contributed by atoms with Crippen LogP contribution in [-0.2, 0) is 13.0 Å². The number of rotatable bonds is 6. The Morgan fingerprint density at radius 1 is 0.923 bits per heavy atom. The summed E-state index contributed by atoms with van der Waals surface area (Å²) in [6.45, 7) is 6.63. The van der Waals surface area contributed by atoms with Crippen LogP contribution < -0.4 is 0 Å². The van der Waals surface area contributed by atoms with Crippen LogP contribution in [0.2, 0.25) is 0 Å². The zero-order valence-corrected chi connectivity index (χ0v) is 15.8. The van der Waals surface area contributed by atoms with Crippen LogP contribution in [0.5, 0.6) is 5.75 Å². The number of aryl methyl sites for hydroxylation is 1. The molecule has 4 rings (SSSR count). The Bertz CT molecular complexity index is 805. The van der Waals surface area contributed by atoms with E-state index in [0.717, 1.165) is 51.2 Å². The molecule has 4 nitrogen and oxygen atoms in total. The zero-order chi connectivity index (χ0) is 17.8. The van der Waals surface area contributed by atoms with Crippen LogP contribution in [0.15, 0.2) is 48.5 Å². The van der Waals surface area contributed by atoms with Gasteiger partial charge in [-0.05, 0) is 42.8 Å². The van der Waals surface area contributed by atoms with Crippen molar-refractivity contribution in [1.29, 1.82) is 0 Å². The summed E-state index contributed by atoms with van der Waals surface area (Å²) in [6.07, 6.45) is 2.25. The molecule has 1 fully saturated rings. The summed E-state index contributed by atoms with van der Waals surface area (Å²) >= 11 is 1.83. The van der Waals surface area contributed by atoms with Crippen LogP contribution in [0.1, 0.15) is 17.0 Å². The second-order valence-corrected chi connectivity index (χ2v) is 8.08. The lowest BCUT2D eigenvalue weighted by Gasteiger charge is -2.34. The molecule has 1 saturated heterocycles. The van der Waals surface area contributed by atoms with Crippen molar-refractivity contribution in [3.8, 4) is 5.75 Å². The Labute approximate surface area is 158 Å². The number of phenolic OH excluding ortho intramolecular Hbond substituents is 1. The second kappa shape index (κ2) is 8.16. The Morgan fingerprint density at radius 2 is 1.65 bits per heavy atom. The van der Waals surface area contributed by atoms with Crippen molar-refractivity contribution in [2.24, 2.45) is 0 Å². The Balaban J connectivity index is 1.19. The van der Waals surface area contributed by atoms with Gasteiger partial charge in [-0.2, -0.15) is 0 Å². The average molecular weight is 368 g/mol. The first-order valence-corrected chi connectivity index (χ1v) is 10.1. The van der Waals surface area contributed by atoms with Gasteiger partial charge in [-0.25, -0.2) is 4.98 Å². The number of aromatic nitrogens is 1. The van der Waals surface area contributed by atoms with Gasteiger partial charge in [-0.1, -0.05) is 24.3 Å². The number of para-hydroxylation sites is 1. The average Bonchev–Trinajstić information content (AvgIpc) is 3.08. The number of thiazole rings is 1. The van der Waals surface area contributed by atoms with Gasteiger partial charge >= 0.3 is 0 Å². The molecule has 0 saturated carbocycles. The number of piperazine rings is 1. The molecule has 0 spiro atoms. The normalized spacial score (nSPS) is 16.3. The molecular formula is C21H25N3OS. The Hall–Kier alpha value is -1.95. The van der Waals surface area contributed by atoms with Crippen molar-refractivity contribution in [3.63, 3.8) is 0 Å². The maximum atomic E-state index is 9.38. The molecule has 2 heterocycles. The lowest BCUT2D eigenvalue weighted by Crippen LogP contribution is -2.46. The summed E-state index contributed by atoms with van der Waals surface area (Å²) in [5, 5.41) is 10.6. The van der Waals surface area contributed by atoms with E-state index >= 15 is 0 Å². The lowest BCUT2D eigenvalue weighted by atomic mass is 10.2. The first-order valence-electron chi connectivity index (χ1n) is 9.33. The highest BCUT2D eigenvalue weighted by molar-refractivity contribution is 7.18. The molecule has 0 bridgehead atoms. The minimum atomic E-state index is 0.340. The second-order valence-electron chi connectivity index (χ2n) is 6.96. The lowest BCUT2D eigenvalue weighted by molar-refractivity contribution is 0.126. The van der Waals surface area contributed by atoms with Crippen LogP contribution in [0.25, 0.3) is 10.2 Å². The van der Waals surface area contributed by atoms with Gasteiger partial charge in [0.1, 0.15) is 5.75 Å². The van der Waals surface area contributed by atoms with E-state index in [-0.39, 0.29) is 0 Å². The predicted molar refractivity (Wildman–Crippen MR) is 108 cm³/mol. The third kappa shape index (κ3) is 4.41. The molecule has 0 unspecified atom stereocenters. The van der Waals surface area contributed by atoms with E-state index in [2.05, 4.69) is 34.1 Å². The first-order chi connectivity index (χ1) is 12.8. The van der Waals surface area contributed by atoms with Crippen molar-refractivity contribution in [3.05, 3.63) is 59.1 Å². The fraction of sp³-hybridized carbons (Fsp3) is 0.381. The number of hydrogen-bond acceptors (Lipinski definition) is 5. The number of phenols is 1. The summed E-state index contributed by atoms with van der Waals surface area (Å²) in [5.41, 5.74) is 2.41. The predicted octanol–water partition coefficient (Wildman–Crippen LogP) is 3.75. The van der Waals surface area contributed by atoms with Gasteiger partial charge in [-0.15, -0.1) is 11.3 Å². The molecule has 3 aromatic rings. The summed E-state index contributed by atoms with van der Waals surface area (Å²) in [5.74, 6) is 0.340. The summed E-state index contributed by atoms with van der Waals surface area (Å²) in [7, 11) is 0. The van der Waals surface area contributed by atoms with Crippen molar-refractivity contribution >= 4 is 21.6 Å². The molecule has 1 N–H and O–H groups in total. The standard InChI is InChI=1S/C21H25N3OS/c25-18-9-7-17(8-10-18)16-24-14-12-23(13-15-24)11-3-6-21-22-19-4-1-2-5-20(19)26-21/h1-2,4-5,7-10,25H,3,6,11-16H2. The van der Waals surface area contributed by atoms with E-state index in [9.17, 15) is 5.11 Å². The highest BCUT2D eigenvalue weighted by Crippen LogP contribution is 2.22. The smallest absolute Gasteiger partial charge is 0.115 e. The topological polar surface area (TPSA) is 39.6 Å². The summed E-state index contributed by atoms with van der Waals surface area (Å²) in [4.78, 5) is 9.80. The van der Waals surface area contributed by atoms with E-state index in [1.807, 2.05) is 23.5 Å². The minimum Gasteiger partial charge on any atom is -0.508 e. The molecule has 26 heavy (non-hydrogen) atoms. The van der Waals surface area contributed by atoms with Gasteiger partial charge in [0, 0.05) is 39.1 Å². The minimum absolute atomic E-state index is 0.340. The fourth-order valence-corrected chi connectivity index (χ4v) is 4.52. The third-order valence-corrected chi connectivity index (χ3v) is 6.11. The number of aromatic hydroxyl groups is 1. The molecule has 0 aliphatic carbocycles. The maximum Gasteiger partial charge on any atom is 0.115 e. The number of benzene rings is 2. The van der Waals surface area contributed by atoms with Crippen LogP contribution in [-0.4, -0.2) is 52.6 Å². The first kappa shape index (κ1) is 17.5. The van der Waals surface area contributed by atoms with Crippen LogP contribution in [0.3, 0.4) is 0 Å². The number of nitrogens with zero attached hydrogens (tertiary/aromatic N) is 3. The molecule has 1 aliphatic heterocycles. The Morgan fingerprint density at radius 3 is 2.42 bits per heavy atom. The molecular weight excluding hydrogens is 342 g/mol. The number of hydrogen-bond donors (Lipinski definition) is 1. The molecule has 0 radical (unpaired) electrons. The molecule has 136 valence electrons. The van der Waals surface area contributed by atoms with E-state index in [0.29, 0.717) is 5.75 Å². The zero-order valence-electron chi connectivity index (χ0n) is 15.0. The van der Waals surface area contributed by atoms with Gasteiger partial charge in [-0.3, -0.25) is 4.90 Å². The molecule has 0 atom stereocenters. The van der Waals surface area contributed by atoms with Crippen LogP contribution in [0, 0.1) is 0 Å². The van der Waals surface area contributed by atoms with Crippen LogP contribution in [0.4, 0.5) is 0 Å². The highest BCUT2D eigenvalue weighted by Gasteiger charge is 2.16. The molecule has 0 amide bonds. The van der Waals surface area contributed by atoms with E-state index in [4.69, 9.17) is 4.98 Å². The van der Waals surface area contributed by atoms with Crippen molar-refractivity contribution in [2.45, 2.75) is 19.4 Å². The maximum absolute atomic E-state index is 9.38. The van der Waals surface area contributed by atoms with Crippen LogP contribution >= 0.6 is 11.3 Å². The van der Waals surface area contributed by atoms with E-state index in [1.54, 1.807) is 12.1 Å².